The van der Waals surface area contributed by atoms with Gasteiger partial charge in [-0.15, -0.1) is 0 Å². The van der Waals surface area contributed by atoms with Gasteiger partial charge in [-0.3, -0.25) is 9.30 Å². The van der Waals surface area contributed by atoms with Gasteiger partial charge in [0.15, 0.2) is 11.2 Å². The molecule has 9 heteroatoms. The molecule has 0 amide bonds. The van der Waals surface area contributed by atoms with Crippen molar-refractivity contribution in [3.05, 3.63) is 59.5 Å². The first-order valence-corrected chi connectivity index (χ1v) is 11.1. The first-order chi connectivity index (χ1) is 15.2. The molecule has 0 radical (unpaired) electrons. The van der Waals surface area contributed by atoms with Crippen molar-refractivity contribution in [3.63, 3.8) is 0 Å². The van der Waals surface area contributed by atoms with E-state index in [1.54, 1.807) is 12.0 Å². The Morgan fingerprint density at radius 3 is 2.33 bits per heavy atom. The van der Waals surface area contributed by atoms with Gasteiger partial charge in [-0.05, 0) is 13.0 Å². The van der Waals surface area contributed by atoms with Gasteiger partial charge < -0.3 is 34.5 Å². The Morgan fingerprint density at radius 1 is 0.939 bits per heavy atom. The van der Waals surface area contributed by atoms with E-state index in [9.17, 15) is 0 Å². The van der Waals surface area contributed by atoms with Gasteiger partial charge in [-0.2, -0.15) is 9.97 Å². The SMILES string of the molecule is CCc1nc(C)c2c([NH+]3CC[NH+](Cc4ccccc4)CC3)nc3ccc(OC)nc3n12.[Cl-].[Cl-]. The van der Waals surface area contributed by atoms with Crippen molar-refractivity contribution in [3.8, 4) is 5.88 Å². The Balaban J connectivity index is 0.00000153. The number of quaternary nitrogens is 2. The van der Waals surface area contributed by atoms with Gasteiger partial charge in [0.25, 0.3) is 5.82 Å². The monoisotopic (exact) mass is 488 g/mol. The van der Waals surface area contributed by atoms with E-state index in [0.29, 0.717) is 5.88 Å². The lowest BCUT2D eigenvalue weighted by Crippen LogP contribution is -3.25. The minimum absolute atomic E-state index is 0. The van der Waals surface area contributed by atoms with Crippen molar-refractivity contribution in [2.45, 2.75) is 26.8 Å². The highest BCUT2D eigenvalue weighted by Crippen LogP contribution is 2.25. The molecule has 1 aliphatic heterocycles. The number of fused-ring (bicyclic) bond motifs is 3. The highest BCUT2D eigenvalue weighted by molar-refractivity contribution is 5.81. The molecule has 1 saturated heterocycles. The molecular formula is C24H30Cl2N6O. The van der Waals surface area contributed by atoms with E-state index in [0.717, 1.165) is 73.2 Å². The van der Waals surface area contributed by atoms with Crippen LogP contribution in [0.3, 0.4) is 0 Å². The van der Waals surface area contributed by atoms with Crippen molar-refractivity contribution in [2.75, 3.05) is 33.3 Å². The Kier molecular flexibility index (Phi) is 8.13. The number of benzene rings is 1. The molecule has 2 N–H and O–H groups in total. The number of ether oxygens (including phenoxy) is 1. The fourth-order valence-electron chi connectivity index (χ4n) is 4.74. The van der Waals surface area contributed by atoms with Crippen LogP contribution in [0.15, 0.2) is 42.5 Å². The second-order valence-electron chi connectivity index (χ2n) is 8.32. The fraction of sp³-hybridized carbons (Fsp3) is 0.375. The summed E-state index contributed by atoms with van der Waals surface area (Å²) in [5, 5.41) is 0. The van der Waals surface area contributed by atoms with Crippen molar-refractivity contribution in [2.24, 2.45) is 0 Å². The maximum Gasteiger partial charge on any atom is 0.253 e. The number of nitrogens with zero attached hydrogens (tertiary/aromatic N) is 4. The minimum Gasteiger partial charge on any atom is -1.00 e. The Hall–Kier alpha value is -2.45. The van der Waals surface area contributed by atoms with Crippen LogP contribution in [-0.4, -0.2) is 52.6 Å². The third-order valence-electron chi connectivity index (χ3n) is 6.34. The third kappa shape index (κ3) is 4.77. The molecule has 7 nitrogen and oxygen atoms in total. The van der Waals surface area contributed by atoms with E-state index < -0.39 is 0 Å². The van der Waals surface area contributed by atoms with Crippen LogP contribution in [0.4, 0.5) is 5.82 Å². The molecule has 0 bridgehead atoms. The van der Waals surface area contributed by atoms with E-state index in [4.69, 9.17) is 19.7 Å². The topological polar surface area (TPSA) is 61.2 Å². The number of piperazine rings is 1. The fourth-order valence-corrected chi connectivity index (χ4v) is 4.74. The van der Waals surface area contributed by atoms with Crippen molar-refractivity contribution in [1.29, 1.82) is 0 Å². The molecule has 4 aromatic rings. The number of aromatic nitrogens is 4. The van der Waals surface area contributed by atoms with Gasteiger partial charge in [-0.25, -0.2) is 4.98 Å². The van der Waals surface area contributed by atoms with Crippen LogP contribution in [0, 0.1) is 6.92 Å². The molecule has 1 fully saturated rings. The molecule has 1 aliphatic rings. The van der Waals surface area contributed by atoms with E-state index in [1.807, 2.05) is 12.1 Å². The normalized spacial score (nSPS) is 18.0. The summed E-state index contributed by atoms with van der Waals surface area (Å²) >= 11 is 0. The van der Waals surface area contributed by atoms with Gasteiger partial charge in [0.2, 0.25) is 5.88 Å². The zero-order valence-electron chi connectivity index (χ0n) is 19.2. The Bertz CT molecular complexity index is 1220. The molecular weight excluding hydrogens is 459 g/mol. The number of methoxy groups -OCH3 is 1. The molecule has 4 heterocycles. The molecule has 3 aromatic heterocycles. The Labute approximate surface area is 206 Å². The zero-order valence-corrected chi connectivity index (χ0v) is 20.7. The van der Waals surface area contributed by atoms with E-state index in [1.165, 1.54) is 10.5 Å². The molecule has 33 heavy (non-hydrogen) atoms. The summed E-state index contributed by atoms with van der Waals surface area (Å²) in [6.45, 7) is 9.69. The predicted molar refractivity (Wildman–Crippen MR) is 120 cm³/mol. The zero-order chi connectivity index (χ0) is 21.4. The molecule has 0 aliphatic carbocycles. The van der Waals surface area contributed by atoms with Gasteiger partial charge in [0.1, 0.15) is 44.1 Å². The van der Waals surface area contributed by atoms with Gasteiger partial charge in [-0.1, -0.05) is 37.3 Å². The first kappa shape index (κ1) is 25.2. The average Bonchev–Trinajstić information content (AvgIpc) is 3.16. The summed E-state index contributed by atoms with van der Waals surface area (Å²) in [4.78, 5) is 17.7. The van der Waals surface area contributed by atoms with Crippen LogP contribution in [-0.2, 0) is 13.0 Å². The van der Waals surface area contributed by atoms with Crippen LogP contribution < -0.4 is 39.4 Å². The third-order valence-corrected chi connectivity index (χ3v) is 6.34. The summed E-state index contributed by atoms with van der Waals surface area (Å²) in [6.07, 6.45) is 0.844. The van der Waals surface area contributed by atoms with Crippen LogP contribution in [0.5, 0.6) is 5.88 Å². The smallest absolute Gasteiger partial charge is 0.253 e. The molecule has 1 aromatic carbocycles. The number of pyridine rings is 1. The number of aryl methyl sites for hydroxylation is 2. The minimum atomic E-state index is 0. The maximum absolute atomic E-state index is 5.38. The van der Waals surface area contributed by atoms with E-state index in [2.05, 4.69) is 48.6 Å². The van der Waals surface area contributed by atoms with E-state index in [-0.39, 0.29) is 24.8 Å². The van der Waals surface area contributed by atoms with Gasteiger partial charge >= 0.3 is 0 Å². The molecule has 0 atom stereocenters. The van der Waals surface area contributed by atoms with Crippen LogP contribution in [0.2, 0.25) is 0 Å². The lowest BCUT2D eigenvalue weighted by Gasteiger charge is -2.29. The standard InChI is InChI=1S/C24H28N6O.2ClH/c1-4-20-25-17(2)22-24(26-19-10-11-21(31-3)27-23(19)30(20)22)29-14-12-28(13-15-29)16-18-8-6-5-7-9-18;;/h5-11H,4,12-16H2,1-3H3;2*1H. The lowest BCUT2D eigenvalue weighted by atomic mass is 10.2. The quantitative estimate of drug-likeness (QED) is 0.295. The number of hydrogen-bond acceptors (Lipinski definition) is 4. The molecule has 0 saturated carbocycles. The molecule has 0 spiro atoms. The predicted octanol–water partition coefficient (Wildman–Crippen LogP) is -5.22. The summed E-state index contributed by atoms with van der Waals surface area (Å²) in [7, 11) is 1.65. The van der Waals surface area contributed by atoms with Crippen LogP contribution in [0.25, 0.3) is 16.7 Å². The Morgan fingerprint density at radius 2 is 1.67 bits per heavy atom. The van der Waals surface area contributed by atoms with Crippen molar-refractivity contribution < 1.29 is 39.4 Å². The van der Waals surface area contributed by atoms with Crippen LogP contribution in [0.1, 0.15) is 24.0 Å². The second-order valence-corrected chi connectivity index (χ2v) is 8.32. The van der Waals surface area contributed by atoms with Crippen molar-refractivity contribution in [1.82, 2.24) is 19.4 Å². The van der Waals surface area contributed by atoms with Crippen LogP contribution >= 0.6 is 0 Å². The highest BCUT2D eigenvalue weighted by atomic mass is 35.5. The summed E-state index contributed by atoms with van der Waals surface area (Å²) in [5.74, 6) is 2.72. The molecule has 176 valence electrons. The first-order valence-electron chi connectivity index (χ1n) is 11.1. The van der Waals surface area contributed by atoms with Crippen molar-refractivity contribution >= 4 is 22.5 Å². The maximum atomic E-state index is 5.38. The molecule has 5 rings (SSSR count). The van der Waals surface area contributed by atoms with Gasteiger partial charge in [0, 0.05) is 18.1 Å². The van der Waals surface area contributed by atoms with E-state index >= 15 is 0 Å². The second kappa shape index (κ2) is 10.7. The number of nitrogens with one attached hydrogen (secondary N) is 2. The number of imidazole rings is 1. The summed E-state index contributed by atoms with van der Waals surface area (Å²) in [5.41, 5.74) is 5.25. The largest absolute Gasteiger partial charge is 1.00 e. The number of halogens is 2. The number of hydrogen-bond donors (Lipinski definition) is 2. The summed E-state index contributed by atoms with van der Waals surface area (Å²) in [6, 6.07) is 14.7. The lowest BCUT2D eigenvalue weighted by molar-refractivity contribution is -0.995. The molecule has 0 unspecified atom stereocenters. The number of rotatable bonds is 5. The summed E-state index contributed by atoms with van der Waals surface area (Å²) < 4.78 is 7.58. The average molecular weight is 489 g/mol. The van der Waals surface area contributed by atoms with Gasteiger partial charge in [0.05, 0.1) is 12.8 Å². The highest BCUT2D eigenvalue weighted by Gasteiger charge is 2.30.